The number of para-hydroxylation sites is 1. The van der Waals surface area contributed by atoms with Crippen LogP contribution in [-0.2, 0) is 4.79 Å². The number of anilines is 1. The van der Waals surface area contributed by atoms with E-state index in [2.05, 4.69) is 15.5 Å². The zero-order valence-corrected chi connectivity index (χ0v) is 16.5. The molecule has 0 unspecified atom stereocenters. The summed E-state index contributed by atoms with van der Waals surface area (Å²) < 4.78 is 28.9. The second-order valence-electron chi connectivity index (χ2n) is 5.92. The van der Waals surface area contributed by atoms with Gasteiger partial charge >= 0.3 is 0 Å². The second kappa shape index (κ2) is 8.54. The van der Waals surface area contributed by atoms with Crippen molar-refractivity contribution in [1.82, 2.24) is 14.8 Å². The van der Waals surface area contributed by atoms with Crippen molar-refractivity contribution in [2.24, 2.45) is 0 Å². The van der Waals surface area contributed by atoms with Crippen LogP contribution in [0.5, 0.6) is 0 Å². The predicted molar refractivity (Wildman–Crippen MR) is 110 cm³/mol. The summed E-state index contributed by atoms with van der Waals surface area (Å²) in [5.41, 5.74) is 0.666. The summed E-state index contributed by atoms with van der Waals surface area (Å²) >= 11 is 2.70. The first-order valence-electron chi connectivity index (χ1n) is 8.54. The van der Waals surface area contributed by atoms with Gasteiger partial charge in [0.2, 0.25) is 5.91 Å². The number of carbonyl (C=O) groups is 1. The molecule has 4 rings (SSSR count). The van der Waals surface area contributed by atoms with Crippen LogP contribution >= 0.6 is 23.1 Å². The number of benzene rings is 2. The zero-order valence-electron chi connectivity index (χ0n) is 14.9. The van der Waals surface area contributed by atoms with Crippen LogP contribution in [0, 0.1) is 11.6 Å². The largest absolute Gasteiger partial charge is 0.323 e. The third kappa shape index (κ3) is 4.36. The van der Waals surface area contributed by atoms with Crippen molar-refractivity contribution in [3.63, 3.8) is 0 Å². The summed E-state index contributed by atoms with van der Waals surface area (Å²) in [6.45, 7) is 0. The van der Waals surface area contributed by atoms with Crippen molar-refractivity contribution in [2.75, 3.05) is 11.1 Å². The fourth-order valence-electron chi connectivity index (χ4n) is 2.65. The Hall–Kier alpha value is -3.04. The average molecular weight is 428 g/mol. The number of nitrogens with zero attached hydrogens (tertiary/aromatic N) is 3. The smallest absolute Gasteiger partial charge is 0.234 e. The fraction of sp³-hybridized carbons (Fsp3) is 0.0500. The third-order valence-electron chi connectivity index (χ3n) is 3.92. The van der Waals surface area contributed by atoms with Gasteiger partial charge in [0.05, 0.1) is 16.3 Å². The molecule has 2 heterocycles. The Morgan fingerprint density at radius 2 is 1.90 bits per heavy atom. The lowest BCUT2D eigenvalue weighted by Crippen LogP contribution is -2.15. The highest BCUT2D eigenvalue weighted by atomic mass is 32.2. The van der Waals surface area contributed by atoms with Gasteiger partial charge in [0.1, 0.15) is 11.6 Å². The lowest BCUT2D eigenvalue weighted by molar-refractivity contribution is -0.113. The normalized spacial score (nSPS) is 10.8. The molecular weight excluding hydrogens is 414 g/mol. The lowest BCUT2D eigenvalue weighted by atomic mass is 10.3. The number of halogens is 2. The number of amides is 1. The molecule has 0 saturated carbocycles. The van der Waals surface area contributed by atoms with Crippen molar-refractivity contribution >= 4 is 34.7 Å². The molecule has 0 radical (unpaired) electrons. The SMILES string of the molecule is O=C(CSc1nnc(-c2cccs2)n1-c1ccccc1)Nc1cc(F)ccc1F. The molecule has 29 heavy (non-hydrogen) atoms. The average Bonchev–Trinajstić information content (AvgIpc) is 3.39. The van der Waals surface area contributed by atoms with Crippen LogP contribution in [0.15, 0.2) is 71.2 Å². The minimum Gasteiger partial charge on any atom is -0.323 e. The third-order valence-corrected chi connectivity index (χ3v) is 5.72. The van der Waals surface area contributed by atoms with Gasteiger partial charge in [-0.15, -0.1) is 21.5 Å². The Labute approximate surface area is 173 Å². The first kappa shape index (κ1) is 19.3. The van der Waals surface area contributed by atoms with Crippen LogP contribution in [0.4, 0.5) is 14.5 Å². The van der Waals surface area contributed by atoms with Gasteiger partial charge < -0.3 is 5.32 Å². The molecule has 9 heteroatoms. The molecule has 0 fully saturated rings. The number of thioether (sulfide) groups is 1. The topological polar surface area (TPSA) is 59.8 Å². The van der Waals surface area contributed by atoms with Crippen molar-refractivity contribution in [2.45, 2.75) is 5.16 Å². The van der Waals surface area contributed by atoms with E-state index in [-0.39, 0.29) is 11.4 Å². The highest BCUT2D eigenvalue weighted by Crippen LogP contribution is 2.30. The van der Waals surface area contributed by atoms with E-state index in [0.717, 1.165) is 40.5 Å². The number of nitrogens with one attached hydrogen (secondary N) is 1. The van der Waals surface area contributed by atoms with Gasteiger partial charge in [-0.05, 0) is 35.7 Å². The first-order chi connectivity index (χ1) is 14.1. The van der Waals surface area contributed by atoms with E-state index in [9.17, 15) is 13.6 Å². The molecule has 4 aromatic rings. The van der Waals surface area contributed by atoms with Gasteiger partial charge in [-0.2, -0.15) is 0 Å². The Bertz CT molecular complexity index is 1130. The highest BCUT2D eigenvalue weighted by molar-refractivity contribution is 7.99. The number of aromatic nitrogens is 3. The van der Waals surface area contributed by atoms with Crippen molar-refractivity contribution in [1.29, 1.82) is 0 Å². The van der Waals surface area contributed by atoms with Crippen LogP contribution < -0.4 is 5.32 Å². The summed E-state index contributed by atoms with van der Waals surface area (Å²) in [5, 5.41) is 13.4. The Kier molecular flexibility index (Phi) is 5.68. The van der Waals surface area contributed by atoms with Crippen LogP contribution in [-0.4, -0.2) is 26.4 Å². The molecule has 2 aromatic carbocycles. The lowest BCUT2D eigenvalue weighted by Gasteiger charge is -2.10. The van der Waals surface area contributed by atoms with E-state index in [1.165, 1.54) is 11.3 Å². The van der Waals surface area contributed by atoms with Crippen LogP contribution in [0.3, 0.4) is 0 Å². The zero-order chi connectivity index (χ0) is 20.2. The van der Waals surface area contributed by atoms with Crippen molar-refractivity contribution < 1.29 is 13.6 Å². The maximum absolute atomic E-state index is 13.7. The predicted octanol–water partition coefficient (Wildman–Crippen LogP) is 5.00. The van der Waals surface area contributed by atoms with Gasteiger partial charge in [0.25, 0.3) is 0 Å². The Morgan fingerprint density at radius 3 is 2.66 bits per heavy atom. The van der Waals surface area contributed by atoms with Gasteiger partial charge in [-0.25, -0.2) is 8.78 Å². The standard InChI is InChI=1S/C20H14F2N4OS2/c21-13-8-9-15(22)16(11-13)23-18(27)12-29-20-25-24-19(17-7-4-10-28-17)26(20)14-5-2-1-3-6-14/h1-11H,12H2,(H,23,27). The number of carbonyl (C=O) groups excluding carboxylic acids is 1. The maximum Gasteiger partial charge on any atom is 0.234 e. The molecule has 0 aliphatic carbocycles. The summed E-state index contributed by atoms with van der Waals surface area (Å²) in [6.07, 6.45) is 0. The van der Waals surface area contributed by atoms with Gasteiger partial charge in [-0.3, -0.25) is 9.36 Å². The van der Waals surface area contributed by atoms with Crippen LogP contribution in [0.25, 0.3) is 16.4 Å². The van der Waals surface area contributed by atoms with Gasteiger partial charge in [0, 0.05) is 11.8 Å². The second-order valence-corrected chi connectivity index (χ2v) is 7.81. The maximum atomic E-state index is 13.7. The fourth-order valence-corrected chi connectivity index (χ4v) is 4.10. The molecule has 1 amide bonds. The quantitative estimate of drug-likeness (QED) is 0.439. The van der Waals surface area contributed by atoms with E-state index in [4.69, 9.17) is 0 Å². The number of rotatable bonds is 6. The van der Waals surface area contributed by atoms with E-state index in [1.807, 2.05) is 52.4 Å². The van der Waals surface area contributed by atoms with Crippen molar-refractivity contribution in [3.8, 4) is 16.4 Å². The Balaban J connectivity index is 1.56. The molecule has 146 valence electrons. The van der Waals surface area contributed by atoms with Gasteiger partial charge in [0.15, 0.2) is 11.0 Å². The minimum atomic E-state index is -0.697. The summed E-state index contributed by atoms with van der Waals surface area (Å²) in [5.74, 6) is -1.16. The van der Waals surface area contributed by atoms with Gasteiger partial charge in [-0.1, -0.05) is 36.0 Å². The Morgan fingerprint density at radius 1 is 1.07 bits per heavy atom. The molecule has 0 aliphatic heterocycles. The van der Waals surface area contributed by atoms with E-state index in [1.54, 1.807) is 0 Å². The molecule has 5 nitrogen and oxygen atoms in total. The monoisotopic (exact) mass is 428 g/mol. The summed E-state index contributed by atoms with van der Waals surface area (Å²) in [4.78, 5) is 13.2. The van der Waals surface area contributed by atoms with Crippen LogP contribution in [0.2, 0.25) is 0 Å². The summed E-state index contributed by atoms with van der Waals surface area (Å²) in [7, 11) is 0. The first-order valence-corrected chi connectivity index (χ1v) is 10.4. The summed E-state index contributed by atoms with van der Waals surface area (Å²) in [6, 6.07) is 16.3. The minimum absolute atomic E-state index is 0.0363. The van der Waals surface area contributed by atoms with Crippen molar-refractivity contribution in [3.05, 3.63) is 77.7 Å². The van der Waals surface area contributed by atoms with E-state index < -0.39 is 17.5 Å². The molecular formula is C20H14F2N4OS2. The molecule has 0 bridgehead atoms. The highest BCUT2D eigenvalue weighted by Gasteiger charge is 2.18. The molecule has 0 saturated heterocycles. The molecule has 0 spiro atoms. The van der Waals surface area contributed by atoms with Crippen LogP contribution in [0.1, 0.15) is 0 Å². The van der Waals surface area contributed by atoms with E-state index in [0.29, 0.717) is 11.0 Å². The molecule has 0 aliphatic rings. The number of thiophene rings is 1. The number of hydrogen-bond acceptors (Lipinski definition) is 5. The molecule has 0 atom stereocenters. The molecule has 1 N–H and O–H groups in total. The van der Waals surface area contributed by atoms with E-state index >= 15 is 0 Å². The molecule has 2 aromatic heterocycles. The number of hydrogen-bond donors (Lipinski definition) is 1.